The predicted molar refractivity (Wildman–Crippen MR) is 70.6 cm³/mol. The fourth-order valence-corrected chi connectivity index (χ4v) is 1.71. The molecule has 0 saturated carbocycles. The fourth-order valence-electron chi connectivity index (χ4n) is 1.71. The summed E-state index contributed by atoms with van der Waals surface area (Å²) >= 11 is 0. The van der Waals surface area contributed by atoms with Gasteiger partial charge in [0.2, 0.25) is 0 Å². The third kappa shape index (κ3) is 3.85. The van der Waals surface area contributed by atoms with E-state index in [0.29, 0.717) is 0 Å². The second-order valence-corrected chi connectivity index (χ2v) is 4.28. The average Bonchev–Trinajstić information content (AvgIpc) is 2.47. The van der Waals surface area contributed by atoms with Gasteiger partial charge in [-0.15, -0.1) is 0 Å². The Morgan fingerprint density at radius 3 is 2.86 bits per heavy atom. The molecular weight excluding hydrogens is 305 g/mol. The van der Waals surface area contributed by atoms with Crippen molar-refractivity contribution in [2.75, 3.05) is 32.2 Å². The number of halogens is 3. The summed E-state index contributed by atoms with van der Waals surface area (Å²) in [5.74, 6) is -0.297. The van der Waals surface area contributed by atoms with Crippen LogP contribution < -0.4 is 10.7 Å². The second kappa shape index (κ2) is 6.60. The molecule has 2 rings (SSSR count). The number of carbonyl (C=O) groups excluding carboxylic acids is 1. The van der Waals surface area contributed by atoms with Crippen LogP contribution in [0.25, 0.3) is 0 Å². The van der Waals surface area contributed by atoms with E-state index in [1.807, 2.05) is 5.43 Å². The molecular formula is C12H13F3N4O3. The zero-order valence-corrected chi connectivity index (χ0v) is 11.5. The molecule has 22 heavy (non-hydrogen) atoms. The number of nitrogens with one attached hydrogen (secondary N) is 2. The molecule has 7 nitrogen and oxygen atoms in total. The Balaban J connectivity index is 2.29. The lowest BCUT2D eigenvalue weighted by molar-refractivity contribution is -0.137. The van der Waals surface area contributed by atoms with Gasteiger partial charge in [-0.05, 0) is 6.07 Å². The number of alkyl halides is 3. The lowest BCUT2D eigenvalue weighted by Crippen LogP contribution is -2.31. The van der Waals surface area contributed by atoms with Gasteiger partial charge in [-0.25, -0.2) is 15.2 Å². The molecule has 0 spiro atoms. The van der Waals surface area contributed by atoms with Gasteiger partial charge >= 0.3 is 12.3 Å². The average molecular weight is 318 g/mol. The zero-order chi connectivity index (χ0) is 16.2. The van der Waals surface area contributed by atoms with Crippen molar-refractivity contribution in [2.24, 2.45) is 5.10 Å². The van der Waals surface area contributed by atoms with Crippen molar-refractivity contribution in [3.8, 4) is 0 Å². The molecule has 0 bridgehead atoms. The van der Waals surface area contributed by atoms with Gasteiger partial charge in [0, 0.05) is 25.4 Å². The summed E-state index contributed by atoms with van der Waals surface area (Å²) in [6, 6.07) is 0.905. The number of methoxy groups -OCH3 is 1. The standard InChI is InChI=1S/C12H13F3N4O3/c1-21-3-2-16-10-8(12(13,14)15)4-7(5-17-10)9-6-22-11(20)19-18-9/h4-5H,2-3,6H2,1H3,(H,16,17)(H,19,20). The summed E-state index contributed by atoms with van der Waals surface area (Å²) in [4.78, 5) is 14.6. The Kier molecular flexibility index (Phi) is 4.81. The maximum Gasteiger partial charge on any atom is 0.428 e. The summed E-state index contributed by atoms with van der Waals surface area (Å²) in [5.41, 5.74) is 1.37. The Morgan fingerprint density at radius 1 is 1.50 bits per heavy atom. The lowest BCUT2D eigenvalue weighted by Gasteiger charge is -2.17. The smallest absolute Gasteiger partial charge is 0.428 e. The van der Waals surface area contributed by atoms with Crippen molar-refractivity contribution in [3.63, 3.8) is 0 Å². The van der Waals surface area contributed by atoms with Gasteiger partial charge in [-0.1, -0.05) is 0 Å². The van der Waals surface area contributed by atoms with E-state index in [1.165, 1.54) is 13.3 Å². The van der Waals surface area contributed by atoms with Crippen LogP contribution in [-0.4, -0.2) is 43.7 Å². The van der Waals surface area contributed by atoms with Crippen LogP contribution in [0.2, 0.25) is 0 Å². The predicted octanol–water partition coefficient (Wildman–Crippen LogP) is 1.60. The van der Waals surface area contributed by atoms with Gasteiger partial charge in [0.25, 0.3) is 0 Å². The Morgan fingerprint density at radius 2 is 2.27 bits per heavy atom. The molecule has 0 unspecified atom stereocenters. The number of carbonyl (C=O) groups is 1. The van der Waals surface area contributed by atoms with E-state index in [4.69, 9.17) is 4.74 Å². The van der Waals surface area contributed by atoms with Crippen molar-refractivity contribution >= 4 is 17.6 Å². The first-order valence-corrected chi connectivity index (χ1v) is 6.21. The Labute approximate surface area is 123 Å². The molecule has 0 radical (unpaired) electrons. The van der Waals surface area contributed by atoms with E-state index in [9.17, 15) is 18.0 Å². The van der Waals surface area contributed by atoms with Gasteiger partial charge in [0.1, 0.15) is 18.1 Å². The van der Waals surface area contributed by atoms with Crippen molar-refractivity contribution < 1.29 is 27.4 Å². The molecule has 0 aromatic carbocycles. The van der Waals surface area contributed by atoms with E-state index in [1.54, 1.807) is 0 Å². The van der Waals surface area contributed by atoms with Gasteiger partial charge in [0.05, 0.1) is 12.2 Å². The SMILES string of the molecule is COCCNc1ncc(C2=NNC(=O)OC2)cc1C(F)(F)F. The number of aromatic nitrogens is 1. The highest BCUT2D eigenvalue weighted by atomic mass is 19.4. The fraction of sp³-hybridized carbons (Fsp3) is 0.417. The summed E-state index contributed by atoms with van der Waals surface area (Å²) in [7, 11) is 1.44. The number of cyclic esters (lactones) is 1. The van der Waals surface area contributed by atoms with Crippen LogP contribution in [-0.2, 0) is 15.7 Å². The van der Waals surface area contributed by atoms with E-state index < -0.39 is 17.8 Å². The summed E-state index contributed by atoms with van der Waals surface area (Å²) in [5, 5.41) is 6.21. The van der Waals surface area contributed by atoms with E-state index in [2.05, 4.69) is 20.1 Å². The molecule has 0 fully saturated rings. The van der Waals surface area contributed by atoms with Crippen LogP contribution >= 0.6 is 0 Å². The van der Waals surface area contributed by atoms with Crippen LogP contribution in [0.4, 0.5) is 23.8 Å². The van der Waals surface area contributed by atoms with Gasteiger partial charge in [-0.3, -0.25) is 0 Å². The van der Waals surface area contributed by atoms with Crippen molar-refractivity contribution in [1.29, 1.82) is 0 Å². The summed E-state index contributed by atoms with van der Waals surface area (Å²) < 4.78 is 48.8. The minimum atomic E-state index is -4.59. The molecule has 0 aliphatic carbocycles. The third-order valence-corrected chi connectivity index (χ3v) is 2.75. The number of nitrogens with zero attached hydrogens (tertiary/aromatic N) is 2. The molecule has 1 aromatic heterocycles. The molecule has 1 aliphatic rings. The zero-order valence-electron chi connectivity index (χ0n) is 11.5. The molecule has 10 heteroatoms. The van der Waals surface area contributed by atoms with Gasteiger partial charge in [-0.2, -0.15) is 18.3 Å². The number of hydrogen-bond donors (Lipinski definition) is 2. The third-order valence-electron chi connectivity index (χ3n) is 2.75. The normalized spacial score (nSPS) is 14.9. The number of hydrogen-bond acceptors (Lipinski definition) is 6. The minimum absolute atomic E-state index is 0.115. The first-order valence-electron chi connectivity index (χ1n) is 6.21. The van der Waals surface area contributed by atoms with Gasteiger partial charge < -0.3 is 14.8 Å². The maximum atomic E-state index is 13.1. The second-order valence-electron chi connectivity index (χ2n) is 4.28. The quantitative estimate of drug-likeness (QED) is 0.806. The lowest BCUT2D eigenvalue weighted by atomic mass is 10.1. The molecule has 2 heterocycles. The van der Waals surface area contributed by atoms with Crippen molar-refractivity contribution in [3.05, 3.63) is 23.4 Å². The topological polar surface area (TPSA) is 84.8 Å². The van der Waals surface area contributed by atoms with E-state index >= 15 is 0 Å². The van der Waals surface area contributed by atoms with Crippen molar-refractivity contribution in [2.45, 2.75) is 6.18 Å². The largest absolute Gasteiger partial charge is 0.442 e. The number of pyridine rings is 1. The number of anilines is 1. The van der Waals surface area contributed by atoms with E-state index in [-0.39, 0.29) is 36.9 Å². The highest BCUT2D eigenvalue weighted by Crippen LogP contribution is 2.34. The van der Waals surface area contributed by atoms with Crippen LogP contribution in [0.1, 0.15) is 11.1 Å². The molecule has 1 amide bonds. The molecule has 120 valence electrons. The van der Waals surface area contributed by atoms with Crippen LogP contribution in [0.15, 0.2) is 17.4 Å². The van der Waals surface area contributed by atoms with Crippen molar-refractivity contribution in [1.82, 2.24) is 10.4 Å². The number of amides is 1. The molecule has 0 saturated heterocycles. The van der Waals surface area contributed by atoms with Crippen LogP contribution in [0.3, 0.4) is 0 Å². The number of ether oxygens (including phenoxy) is 2. The Bertz CT molecular complexity index is 589. The number of hydrazone groups is 1. The minimum Gasteiger partial charge on any atom is -0.442 e. The molecule has 1 aliphatic heterocycles. The van der Waals surface area contributed by atoms with Gasteiger partial charge in [0.15, 0.2) is 0 Å². The summed E-state index contributed by atoms with van der Waals surface area (Å²) in [6.45, 7) is 0.209. The Hall–Kier alpha value is -2.36. The molecule has 0 atom stereocenters. The summed E-state index contributed by atoms with van der Waals surface area (Å²) in [6.07, 6.45) is -4.12. The monoisotopic (exact) mass is 318 g/mol. The molecule has 1 aromatic rings. The van der Waals surface area contributed by atoms with Crippen LogP contribution in [0, 0.1) is 0 Å². The molecule has 2 N–H and O–H groups in total. The highest BCUT2D eigenvalue weighted by Gasteiger charge is 2.35. The highest BCUT2D eigenvalue weighted by molar-refractivity contribution is 6.03. The maximum absolute atomic E-state index is 13.1. The van der Waals surface area contributed by atoms with E-state index in [0.717, 1.165) is 6.07 Å². The first-order chi connectivity index (χ1) is 10.4. The van der Waals surface area contributed by atoms with Crippen LogP contribution in [0.5, 0.6) is 0 Å². The number of rotatable bonds is 5. The first kappa shape index (κ1) is 16.0.